The average Bonchev–Trinajstić information content (AvgIpc) is 2.48. The van der Waals surface area contributed by atoms with Gasteiger partial charge in [-0.3, -0.25) is 20.3 Å². The Hall–Kier alpha value is -2.15. The van der Waals surface area contributed by atoms with E-state index in [0.29, 0.717) is 17.8 Å². The number of carbonyl (C=O) groups excluding carboxylic acids is 1. The zero-order chi connectivity index (χ0) is 15.2. The number of nitrogens with zero attached hydrogens (tertiary/aromatic N) is 2. The lowest BCUT2D eigenvalue weighted by atomic mass is 10.1. The number of hydrogen-bond donors (Lipinski definition) is 2. The summed E-state index contributed by atoms with van der Waals surface area (Å²) in [6.07, 6.45) is 3.33. The van der Waals surface area contributed by atoms with Crippen LogP contribution in [0, 0.1) is 10.1 Å². The summed E-state index contributed by atoms with van der Waals surface area (Å²) in [5.41, 5.74) is 3.62. The monoisotopic (exact) mass is 292 g/mol. The van der Waals surface area contributed by atoms with E-state index in [2.05, 4.69) is 10.7 Å². The Labute approximate surface area is 123 Å². The molecule has 7 nitrogen and oxygen atoms in total. The SMILES string of the molecule is CCNc1cc(C(=O)NN2CCCCC2)ccc1[N+](=O)[O-]. The summed E-state index contributed by atoms with van der Waals surface area (Å²) < 4.78 is 0. The third-order valence-electron chi connectivity index (χ3n) is 3.44. The second kappa shape index (κ2) is 7.03. The predicted molar refractivity (Wildman–Crippen MR) is 80.2 cm³/mol. The molecule has 0 radical (unpaired) electrons. The molecule has 1 fully saturated rings. The lowest BCUT2D eigenvalue weighted by Gasteiger charge is -2.26. The van der Waals surface area contributed by atoms with Crippen LogP contribution in [0.5, 0.6) is 0 Å². The number of nitro benzene ring substituents is 1. The number of nitro groups is 1. The molecule has 1 aliphatic rings. The normalized spacial score (nSPS) is 15.5. The molecule has 2 rings (SSSR count). The van der Waals surface area contributed by atoms with E-state index in [1.54, 1.807) is 0 Å². The first-order valence-electron chi connectivity index (χ1n) is 7.20. The van der Waals surface area contributed by atoms with E-state index in [4.69, 9.17) is 0 Å². The van der Waals surface area contributed by atoms with Crippen molar-refractivity contribution < 1.29 is 9.72 Å². The lowest BCUT2D eigenvalue weighted by molar-refractivity contribution is -0.384. The zero-order valence-electron chi connectivity index (χ0n) is 12.1. The fourth-order valence-corrected chi connectivity index (χ4v) is 2.38. The minimum atomic E-state index is -0.454. The Bertz CT molecular complexity index is 527. The molecule has 0 atom stereocenters. The molecule has 1 aromatic rings. The smallest absolute Gasteiger partial charge is 0.292 e. The zero-order valence-corrected chi connectivity index (χ0v) is 12.1. The first-order chi connectivity index (χ1) is 10.1. The van der Waals surface area contributed by atoms with Gasteiger partial charge in [-0.25, -0.2) is 5.01 Å². The largest absolute Gasteiger partial charge is 0.380 e. The maximum Gasteiger partial charge on any atom is 0.292 e. The summed E-state index contributed by atoms with van der Waals surface area (Å²) in [5, 5.41) is 15.8. The number of benzene rings is 1. The molecule has 0 aromatic heterocycles. The van der Waals surface area contributed by atoms with E-state index >= 15 is 0 Å². The van der Waals surface area contributed by atoms with E-state index in [1.165, 1.54) is 24.6 Å². The molecule has 21 heavy (non-hydrogen) atoms. The second-order valence-electron chi connectivity index (χ2n) is 5.01. The molecule has 1 heterocycles. The third-order valence-corrected chi connectivity index (χ3v) is 3.44. The molecule has 114 valence electrons. The van der Waals surface area contributed by atoms with Gasteiger partial charge in [0.05, 0.1) is 4.92 Å². The van der Waals surface area contributed by atoms with Gasteiger partial charge in [0.25, 0.3) is 11.6 Å². The number of carbonyl (C=O) groups is 1. The van der Waals surface area contributed by atoms with Crippen molar-refractivity contribution >= 4 is 17.3 Å². The van der Waals surface area contributed by atoms with Gasteiger partial charge >= 0.3 is 0 Å². The maximum atomic E-state index is 12.2. The van der Waals surface area contributed by atoms with E-state index in [-0.39, 0.29) is 11.6 Å². The topological polar surface area (TPSA) is 87.5 Å². The maximum absolute atomic E-state index is 12.2. The van der Waals surface area contributed by atoms with Crippen molar-refractivity contribution in [3.63, 3.8) is 0 Å². The van der Waals surface area contributed by atoms with E-state index < -0.39 is 4.92 Å². The minimum Gasteiger partial charge on any atom is -0.380 e. The van der Waals surface area contributed by atoms with Gasteiger partial charge < -0.3 is 5.32 Å². The number of amides is 1. The van der Waals surface area contributed by atoms with E-state index in [1.807, 2.05) is 11.9 Å². The van der Waals surface area contributed by atoms with E-state index in [9.17, 15) is 14.9 Å². The molecule has 1 aromatic carbocycles. The molecule has 7 heteroatoms. The van der Waals surface area contributed by atoms with Gasteiger partial charge in [-0.15, -0.1) is 0 Å². The van der Waals surface area contributed by atoms with Crippen LogP contribution in [-0.4, -0.2) is 35.5 Å². The highest BCUT2D eigenvalue weighted by Gasteiger charge is 2.18. The molecule has 0 bridgehead atoms. The fourth-order valence-electron chi connectivity index (χ4n) is 2.38. The van der Waals surface area contributed by atoms with Crippen molar-refractivity contribution in [2.75, 3.05) is 25.0 Å². The molecule has 1 saturated heterocycles. The highest BCUT2D eigenvalue weighted by molar-refractivity contribution is 5.95. The molecule has 0 saturated carbocycles. The Morgan fingerprint density at radius 1 is 1.33 bits per heavy atom. The van der Waals surface area contributed by atoms with Crippen molar-refractivity contribution in [3.05, 3.63) is 33.9 Å². The van der Waals surface area contributed by atoms with Crippen LogP contribution < -0.4 is 10.7 Å². The van der Waals surface area contributed by atoms with Crippen molar-refractivity contribution in [1.82, 2.24) is 10.4 Å². The van der Waals surface area contributed by atoms with Gasteiger partial charge in [0.15, 0.2) is 0 Å². The van der Waals surface area contributed by atoms with Crippen LogP contribution in [0.3, 0.4) is 0 Å². The van der Waals surface area contributed by atoms with Gasteiger partial charge in [0.2, 0.25) is 0 Å². The molecule has 0 unspecified atom stereocenters. The highest BCUT2D eigenvalue weighted by atomic mass is 16.6. The highest BCUT2D eigenvalue weighted by Crippen LogP contribution is 2.25. The fraction of sp³-hybridized carbons (Fsp3) is 0.500. The number of piperidine rings is 1. The number of rotatable bonds is 5. The van der Waals surface area contributed by atoms with Crippen molar-refractivity contribution in [2.45, 2.75) is 26.2 Å². The lowest BCUT2D eigenvalue weighted by Crippen LogP contribution is -2.45. The average molecular weight is 292 g/mol. The summed E-state index contributed by atoms with van der Waals surface area (Å²) in [6.45, 7) is 4.10. The molecule has 0 spiro atoms. The van der Waals surface area contributed by atoms with Crippen molar-refractivity contribution in [3.8, 4) is 0 Å². The number of anilines is 1. The first-order valence-corrected chi connectivity index (χ1v) is 7.20. The van der Waals surface area contributed by atoms with Gasteiger partial charge in [-0.2, -0.15) is 0 Å². The third kappa shape index (κ3) is 3.91. The van der Waals surface area contributed by atoms with Gasteiger partial charge in [0.1, 0.15) is 5.69 Å². The Morgan fingerprint density at radius 3 is 2.67 bits per heavy atom. The van der Waals surface area contributed by atoms with Gasteiger partial charge in [0, 0.05) is 31.3 Å². The van der Waals surface area contributed by atoms with Crippen molar-refractivity contribution in [1.29, 1.82) is 0 Å². The standard InChI is InChI=1S/C14H20N4O3/c1-2-15-12-10-11(6-7-13(12)18(20)21)14(19)16-17-8-4-3-5-9-17/h6-7,10,15H,2-5,8-9H2,1H3,(H,16,19). The summed E-state index contributed by atoms with van der Waals surface area (Å²) in [5.74, 6) is -0.231. The Kier molecular flexibility index (Phi) is 5.10. The summed E-state index contributed by atoms with van der Waals surface area (Å²) >= 11 is 0. The second-order valence-corrected chi connectivity index (χ2v) is 5.01. The quantitative estimate of drug-likeness (QED) is 0.641. The molecule has 0 aliphatic carbocycles. The molecular weight excluding hydrogens is 272 g/mol. The molecule has 1 aliphatic heterocycles. The Balaban J connectivity index is 2.13. The van der Waals surface area contributed by atoms with Crippen LogP contribution in [0.25, 0.3) is 0 Å². The summed E-state index contributed by atoms with van der Waals surface area (Å²) in [7, 11) is 0. The molecular formula is C14H20N4O3. The number of hydrogen-bond acceptors (Lipinski definition) is 5. The minimum absolute atomic E-state index is 0.0219. The Morgan fingerprint density at radius 2 is 2.05 bits per heavy atom. The van der Waals surface area contributed by atoms with Crippen LogP contribution in [0.2, 0.25) is 0 Å². The molecule has 2 N–H and O–H groups in total. The van der Waals surface area contributed by atoms with E-state index in [0.717, 1.165) is 25.9 Å². The number of nitrogens with one attached hydrogen (secondary N) is 2. The predicted octanol–water partition coefficient (Wildman–Crippen LogP) is 2.16. The molecule has 1 amide bonds. The summed E-state index contributed by atoms with van der Waals surface area (Å²) in [4.78, 5) is 22.7. The van der Waals surface area contributed by atoms with Crippen LogP contribution in [0.1, 0.15) is 36.5 Å². The van der Waals surface area contributed by atoms with Crippen LogP contribution in [0.4, 0.5) is 11.4 Å². The van der Waals surface area contributed by atoms with Crippen LogP contribution in [-0.2, 0) is 0 Å². The van der Waals surface area contributed by atoms with Crippen LogP contribution in [0.15, 0.2) is 18.2 Å². The number of hydrazine groups is 1. The van der Waals surface area contributed by atoms with Crippen molar-refractivity contribution in [2.24, 2.45) is 0 Å². The summed E-state index contributed by atoms with van der Waals surface area (Å²) in [6, 6.07) is 4.38. The van der Waals surface area contributed by atoms with Crippen LogP contribution >= 0.6 is 0 Å². The first kappa shape index (κ1) is 15.2. The van der Waals surface area contributed by atoms with Gasteiger partial charge in [-0.05, 0) is 31.9 Å². The van der Waals surface area contributed by atoms with Gasteiger partial charge in [-0.1, -0.05) is 6.42 Å².